The van der Waals surface area contributed by atoms with E-state index in [1.54, 1.807) is 6.92 Å². The monoisotopic (exact) mass is 314 g/mol. The minimum atomic E-state index is -0.380. The summed E-state index contributed by atoms with van der Waals surface area (Å²) in [6.45, 7) is 4.33. The summed E-state index contributed by atoms with van der Waals surface area (Å²) in [5, 5.41) is 4.73. The predicted molar refractivity (Wildman–Crippen MR) is 91.1 cm³/mol. The van der Waals surface area contributed by atoms with Crippen molar-refractivity contribution in [1.82, 2.24) is 9.88 Å². The van der Waals surface area contributed by atoms with E-state index < -0.39 is 0 Å². The summed E-state index contributed by atoms with van der Waals surface area (Å²) in [5.74, 6) is 5.98. The number of halogens is 1. The number of benzene rings is 1. The van der Waals surface area contributed by atoms with Crippen molar-refractivity contribution in [3.63, 3.8) is 0 Å². The molecule has 1 aromatic carbocycles. The van der Waals surface area contributed by atoms with Gasteiger partial charge in [0.1, 0.15) is 6.67 Å². The molecule has 1 saturated heterocycles. The zero-order valence-corrected chi connectivity index (χ0v) is 13.6. The Hall–Kier alpha value is -1.83. The average Bonchev–Trinajstić information content (AvgIpc) is 2.92. The molecule has 2 heterocycles. The number of aromatic nitrogens is 1. The third kappa shape index (κ3) is 3.74. The highest BCUT2D eigenvalue weighted by atomic mass is 19.1. The van der Waals surface area contributed by atoms with E-state index >= 15 is 0 Å². The number of nitrogens with one attached hydrogen (secondary N) is 1. The van der Waals surface area contributed by atoms with Crippen LogP contribution in [0.5, 0.6) is 0 Å². The molecule has 0 saturated carbocycles. The standard InChI is InChI=1S/C19H23FN2O/c1-2-3-18-13-16-12-15(4-5-19(16)22(18)9-8-20)14-21-17-6-10-23-11-7-17/h4-5,12-13,17,21H,6-11,14H2,1H3. The molecule has 0 amide bonds. The van der Waals surface area contributed by atoms with Crippen LogP contribution in [0, 0.1) is 11.8 Å². The first-order chi connectivity index (χ1) is 11.3. The van der Waals surface area contributed by atoms with Crippen molar-refractivity contribution in [2.45, 2.75) is 38.9 Å². The first-order valence-corrected chi connectivity index (χ1v) is 8.24. The summed E-state index contributed by atoms with van der Waals surface area (Å²) in [5.41, 5.74) is 3.18. The fourth-order valence-electron chi connectivity index (χ4n) is 3.15. The number of ether oxygens (including phenoxy) is 1. The van der Waals surface area contributed by atoms with Crippen LogP contribution < -0.4 is 5.32 Å². The quantitative estimate of drug-likeness (QED) is 0.858. The first kappa shape index (κ1) is 16.0. The van der Waals surface area contributed by atoms with Crippen molar-refractivity contribution < 1.29 is 9.13 Å². The van der Waals surface area contributed by atoms with E-state index in [1.165, 1.54) is 5.56 Å². The van der Waals surface area contributed by atoms with Crippen molar-refractivity contribution in [3.8, 4) is 11.8 Å². The fourth-order valence-corrected chi connectivity index (χ4v) is 3.15. The lowest BCUT2D eigenvalue weighted by Gasteiger charge is -2.23. The molecule has 0 spiro atoms. The van der Waals surface area contributed by atoms with Gasteiger partial charge in [-0.05, 0) is 49.4 Å². The lowest BCUT2D eigenvalue weighted by molar-refractivity contribution is 0.0776. The van der Waals surface area contributed by atoms with E-state index in [0.717, 1.165) is 49.2 Å². The van der Waals surface area contributed by atoms with Gasteiger partial charge in [-0.2, -0.15) is 0 Å². The molecule has 122 valence electrons. The zero-order chi connectivity index (χ0) is 16.1. The van der Waals surface area contributed by atoms with Gasteiger partial charge in [0, 0.05) is 36.7 Å². The molecule has 0 atom stereocenters. The van der Waals surface area contributed by atoms with Crippen molar-refractivity contribution >= 4 is 10.9 Å². The van der Waals surface area contributed by atoms with Gasteiger partial charge < -0.3 is 14.6 Å². The Labute approximate surface area is 136 Å². The number of rotatable bonds is 5. The molecule has 2 aromatic rings. The van der Waals surface area contributed by atoms with Gasteiger partial charge in [-0.3, -0.25) is 0 Å². The van der Waals surface area contributed by atoms with E-state index in [-0.39, 0.29) is 6.67 Å². The number of hydrogen-bond acceptors (Lipinski definition) is 2. The van der Waals surface area contributed by atoms with Gasteiger partial charge in [0.05, 0.1) is 12.2 Å². The fraction of sp³-hybridized carbons (Fsp3) is 0.474. The molecule has 0 unspecified atom stereocenters. The van der Waals surface area contributed by atoms with Gasteiger partial charge in [0.2, 0.25) is 0 Å². The molecular formula is C19H23FN2O. The normalized spacial score (nSPS) is 15.6. The predicted octanol–water partition coefficient (Wildman–Crippen LogP) is 3.25. The van der Waals surface area contributed by atoms with Gasteiger partial charge in [0.15, 0.2) is 0 Å². The van der Waals surface area contributed by atoms with Gasteiger partial charge in [-0.15, -0.1) is 0 Å². The third-order valence-corrected chi connectivity index (χ3v) is 4.34. The number of nitrogens with zero attached hydrogens (tertiary/aromatic N) is 1. The topological polar surface area (TPSA) is 26.2 Å². The summed E-state index contributed by atoms with van der Waals surface area (Å²) < 4.78 is 20.2. The van der Waals surface area contributed by atoms with E-state index in [1.807, 2.05) is 4.57 Å². The van der Waals surface area contributed by atoms with Crippen LogP contribution in [0.1, 0.15) is 31.0 Å². The van der Waals surface area contributed by atoms with E-state index in [9.17, 15) is 4.39 Å². The van der Waals surface area contributed by atoms with Crippen LogP contribution in [-0.4, -0.2) is 30.5 Å². The van der Waals surface area contributed by atoms with Crippen LogP contribution in [0.15, 0.2) is 24.3 Å². The Kier molecular flexibility index (Phi) is 5.32. The Morgan fingerprint density at radius 3 is 2.87 bits per heavy atom. The maximum Gasteiger partial charge on any atom is 0.107 e. The smallest absolute Gasteiger partial charge is 0.107 e. The summed E-state index contributed by atoms with van der Waals surface area (Å²) >= 11 is 0. The highest BCUT2D eigenvalue weighted by molar-refractivity contribution is 5.83. The molecule has 1 aromatic heterocycles. The highest BCUT2D eigenvalue weighted by Gasteiger charge is 2.13. The maximum atomic E-state index is 12.8. The van der Waals surface area contributed by atoms with Crippen molar-refractivity contribution in [3.05, 3.63) is 35.5 Å². The highest BCUT2D eigenvalue weighted by Crippen LogP contribution is 2.21. The molecule has 1 aliphatic rings. The molecule has 1 aliphatic heterocycles. The number of alkyl halides is 1. The molecule has 3 nitrogen and oxygen atoms in total. The Bertz CT molecular complexity index is 720. The van der Waals surface area contributed by atoms with Gasteiger partial charge in [0.25, 0.3) is 0 Å². The molecule has 23 heavy (non-hydrogen) atoms. The largest absolute Gasteiger partial charge is 0.381 e. The number of fused-ring (bicyclic) bond motifs is 1. The molecule has 0 radical (unpaired) electrons. The summed E-state index contributed by atoms with van der Waals surface area (Å²) in [6, 6.07) is 8.97. The molecule has 3 rings (SSSR count). The summed E-state index contributed by atoms with van der Waals surface area (Å²) in [4.78, 5) is 0. The Morgan fingerprint density at radius 1 is 1.30 bits per heavy atom. The van der Waals surface area contributed by atoms with Crippen LogP contribution in [0.25, 0.3) is 10.9 Å². The first-order valence-electron chi connectivity index (χ1n) is 8.24. The molecule has 0 bridgehead atoms. The van der Waals surface area contributed by atoms with Crippen LogP contribution in [0.4, 0.5) is 4.39 Å². The second-order valence-electron chi connectivity index (χ2n) is 5.91. The molecule has 1 fully saturated rings. The van der Waals surface area contributed by atoms with Crippen molar-refractivity contribution in [2.75, 3.05) is 19.9 Å². The maximum absolute atomic E-state index is 12.8. The van der Waals surface area contributed by atoms with Crippen LogP contribution >= 0.6 is 0 Å². The van der Waals surface area contributed by atoms with Gasteiger partial charge in [-0.1, -0.05) is 12.0 Å². The average molecular weight is 314 g/mol. The second kappa shape index (κ2) is 7.63. The van der Waals surface area contributed by atoms with Gasteiger partial charge >= 0.3 is 0 Å². The van der Waals surface area contributed by atoms with E-state index in [2.05, 4.69) is 41.4 Å². The van der Waals surface area contributed by atoms with E-state index in [4.69, 9.17) is 4.74 Å². The second-order valence-corrected chi connectivity index (χ2v) is 5.91. The Balaban J connectivity index is 1.79. The lowest BCUT2D eigenvalue weighted by atomic mass is 10.1. The Morgan fingerprint density at radius 2 is 2.13 bits per heavy atom. The van der Waals surface area contributed by atoms with Crippen LogP contribution in [-0.2, 0) is 17.8 Å². The number of aryl methyl sites for hydroxylation is 1. The van der Waals surface area contributed by atoms with Crippen LogP contribution in [0.3, 0.4) is 0 Å². The van der Waals surface area contributed by atoms with Crippen molar-refractivity contribution in [1.29, 1.82) is 0 Å². The third-order valence-electron chi connectivity index (χ3n) is 4.34. The summed E-state index contributed by atoms with van der Waals surface area (Å²) in [6.07, 6.45) is 2.15. The number of hydrogen-bond donors (Lipinski definition) is 1. The minimum absolute atomic E-state index is 0.354. The minimum Gasteiger partial charge on any atom is -0.381 e. The summed E-state index contributed by atoms with van der Waals surface area (Å²) in [7, 11) is 0. The van der Waals surface area contributed by atoms with E-state index in [0.29, 0.717) is 12.6 Å². The molecular weight excluding hydrogens is 291 g/mol. The van der Waals surface area contributed by atoms with Crippen LogP contribution in [0.2, 0.25) is 0 Å². The molecule has 0 aliphatic carbocycles. The molecule has 1 N–H and O–H groups in total. The lowest BCUT2D eigenvalue weighted by Crippen LogP contribution is -2.34. The van der Waals surface area contributed by atoms with Gasteiger partial charge in [-0.25, -0.2) is 4.39 Å². The SMILES string of the molecule is CC#Cc1cc2cc(CNC3CCOCC3)ccc2n1CCF. The zero-order valence-electron chi connectivity index (χ0n) is 13.6. The molecule has 4 heteroatoms. The van der Waals surface area contributed by atoms with Crippen molar-refractivity contribution in [2.24, 2.45) is 0 Å².